The van der Waals surface area contributed by atoms with Crippen molar-refractivity contribution in [3.05, 3.63) is 54.4 Å². The molecule has 122 valence electrons. The molecular formula is C17H20BrN3O2. The standard InChI is InChI=1S/C17H19N3O2.BrH/c1-13-6-9-20(10-7-13)11-8-17(22)19-16-5-3-4-15(12-16)18-14(2)21;/h3-7,9-10,12H,8,11H2,1-2H3,(H-,18,19,21,22);1H. The van der Waals surface area contributed by atoms with Gasteiger partial charge < -0.3 is 27.6 Å². The average Bonchev–Trinajstić information content (AvgIpc) is 2.46. The van der Waals surface area contributed by atoms with E-state index in [2.05, 4.69) is 10.6 Å². The largest absolute Gasteiger partial charge is 1.00 e. The predicted molar refractivity (Wildman–Crippen MR) is 85.4 cm³/mol. The van der Waals surface area contributed by atoms with Gasteiger partial charge in [-0.05, 0) is 30.7 Å². The molecule has 1 heterocycles. The van der Waals surface area contributed by atoms with Crippen LogP contribution in [0.5, 0.6) is 0 Å². The maximum absolute atomic E-state index is 12.0. The molecule has 0 atom stereocenters. The molecule has 0 fully saturated rings. The summed E-state index contributed by atoms with van der Waals surface area (Å²) in [7, 11) is 0. The van der Waals surface area contributed by atoms with Crippen LogP contribution in [0.3, 0.4) is 0 Å². The summed E-state index contributed by atoms with van der Waals surface area (Å²) in [6.07, 6.45) is 4.30. The van der Waals surface area contributed by atoms with Crippen LogP contribution in [0.2, 0.25) is 0 Å². The molecule has 1 aromatic heterocycles. The smallest absolute Gasteiger partial charge is 0.230 e. The maximum Gasteiger partial charge on any atom is 0.230 e. The maximum atomic E-state index is 12.0. The van der Waals surface area contributed by atoms with Gasteiger partial charge in [0.15, 0.2) is 18.9 Å². The van der Waals surface area contributed by atoms with Crippen molar-refractivity contribution in [2.24, 2.45) is 0 Å². The number of pyridine rings is 1. The number of carbonyl (C=O) groups is 2. The Bertz CT molecular complexity index is 672. The van der Waals surface area contributed by atoms with Gasteiger partial charge in [-0.1, -0.05) is 6.07 Å². The zero-order valence-corrected chi connectivity index (χ0v) is 14.8. The van der Waals surface area contributed by atoms with Gasteiger partial charge in [0.25, 0.3) is 0 Å². The van der Waals surface area contributed by atoms with Gasteiger partial charge in [0.05, 0.1) is 6.42 Å². The van der Waals surface area contributed by atoms with Crippen molar-refractivity contribution in [1.82, 2.24) is 0 Å². The molecule has 0 spiro atoms. The van der Waals surface area contributed by atoms with E-state index in [4.69, 9.17) is 0 Å². The Morgan fingerprint density at radius 3 is 2.26 bits per heavy atom. The second-order valence-electron chi connectivity index (χ2n) is 5.17. The van der Waals surface area contributed by atoms with Crippen LogP contribution in [0, 0.1) is 6.92 Å². The zero-order valence-electron chi connectivity index (χ0n) is 13.2. The molecule has 0 aliphatic rings. The third kappa shape index (κ3) is 6.61. The minimum Gasteiger partial charge on any atom is -1.00 e. The Kier molecular flexibility index (Phi) is 7.41. The van der Waals surface area contributed by atoms with E-state index in [-0.39, 0.29) is 28.8 Å². The monoisotopic (exact) mass is 377 g/mol. The number of aromatic nitrogens is 1. The molecule has 6 heteroatoms. The number of rotatable bonds is 5. The number of nitrogens with one attached hydrogen (secondary N) is 2. The Morgan fingerprint density at radius 1 is 1.04 bits per heavy atom. The predicted octanol–water partition coefficient (Wildman–Crippen LogP) is -0.726. The Hall–Kier alpha value is -2.21. The zero-order chi connectivity index (χ0) is 15.9. The van der Waals surface area contributed by atoms with Crippen LogP contribution in [-0.4, -0.2) is 11.8 Å². The first-order valence-electron chi connectivity index (χ1n) is 7.16. The van der Waals surface area contributed by atoms with Gasteiger partial charge in [0, 0.05) is 30.4 Å². The van der Waals surface area contributed by atoms with Crippen LogP contribution in [-0.2, 0) is 16.1 Å². The fourth-order valence-corrected chi connectivity index (χ4v) is 2.01. The summed E-state index contributed by atoms with van der Waals surface area (Å²) in [6, 6.07) is 11.1. The van der Waals surface area contributed by atoms with Crippen molar-refractivity contribution in [3.63, 3.8) is 0 Å². The number of hydrogen-bond acceptors (Lipinski definition) is 2. The molecule has 2 amide bonds. The highest BCUT2D eigenvalue weighted by atomic mass is 79.9. The number of halogens is 1. The van der Waals surface area contributed by atoms with Crippen LogP contribution in [0.15, 0.2) is 48.8 Å². The molecule has 0 bridgehead atoms. The summed E-state index contributed by atoms with van der Waals surface area (Å²) in [4.78, 5) is 23.0. The second-order valence-corrected chi connectivity index (χ2v) is 5.17. The Labute approximate surface area is 146 Å². The number of aryl methyl sites for hydroxylation is 2. The van der Waals surface area contributed by atoms with Gasteiger partial charge in [-0.15, -0.1) is 0 Å². The number of hydrogen-bond donors (Lipinski definition) is 2. The van der Waals surface area contributed by atoms with Gasteiger partial charge in [-0.25, -0.2) is 4.57 Å². The van der Waals surface area contributed by atoms with Crippen LogP contribution in [0.1, 0.15) is 18.9 Å². The molecule has 2 N–H and O–H groups in total. The Balaban J connectivity index is 0.00000264. The first-order valence-corrected chi connectivity index (χ1v) is 7.16. The number of benzene rings is 1. The highest BCUT2D eigenvalue weighted by molar-refractivity contribution is 5.93. The van der Waals surface area contributed by atoms with Crippen molar-refractivity contribution in [3.8, 4) is 0 Å². The number of anilines is 2. The number of nitrogens with zero attached hydrogens (tertiary/aromatic N) is 1. The first kappa shape index (κ1) is 18.8. The summed E-state index contributed by atoms with van der Waals surface area (Å²) >= 11 is 0. The van der Waals surface area contributed by atoms with Crippen molar-refractivity contribution >= 4 is 23.2 Å². The van der Waals surface area contributed by atoms with Gasteiger partial charge in [0.2, 0.25) is 11.8 Å². The van der Waals surface area contributed by atoms with Crippen molar-refractivity contribution in [2.45, 2.75) is 26.8 Å². The van der Waals surface area contributed by atoms with Crippen molar-refractivity contribution in [2.75, 3.05) is 10.6 Å². The highest BCUT2D eigenvalue weighted by Gasteiger charge is 2.07. The third-order valence-corrected chi connectivity index (χ3v) is 3.12. The molecule has 2 aromatic rings. The third-order valence-electron chi connectivity index (χ3n) is 3.12. The van der Waals surface area contributed by atoms with Crippen LogP contribution < -0.4 is 32.2 Å². The molecule has 5 nitrogen and oxygen atoms in total. The first-order chi connectivity index (χ1) is 10.5. The fraction of sp³-hybridized carbons (Fsp3) is 0.235. The van der Waals surface area contributed by atoms with Crippen molar-refractivity contribution in [1.29, 1.82) is 0 Å². The quantitative estimate of drug-likeness (QED) is 0.675. The van der Waals surface area contributed by atoms with Gasteiger partial charge in [-0.3, -0.25) is 9.59 Å². The molecule has 0 unspecified atom stereocenters. The molecular weight excluding hydrogens is 358 g/mol. The highest BCUT2D eigenvalue weighted by Crippen LogP contribution is 2.15. The molecule has 1 aromatic carbocycles. The normalized spacial score (nSPS) is 9.65. The molecule has 2 rings (SSSR count). The average molecular weight is 378 g/mol. The molecule has 0 aliphatic carbocycles. The van der Waals surface area contributed by atoms with E-state index in [0.717, 1.165) is 0 Å². The SMILES string of the molecule is CC(=O)Nc1cccc(NC(=O)CC[n+]2ccc(C)cc2)c1.[Br-]. The van der Waals surface area contributed by atoms with E-state index >= 15 is 0 Å². The second kappa shape index (κ2) is 9.05. The molecule has 0 aliphatic heterocycles. The molecule has 23 heavy (non-hydrogen) atoms. The minimum atomic E-state index is -0.140. The molecule has 0 saturated heterocycles. The van der Waals surface area contributed by atoms with Crippen LogP contribution >= 0.6 is 0 Å². The van der Waals surface area contributed by atoms with E-state index in [1.54, 1.807) is 24.3 Å². The molecule has 0 saturated carbocycles. The minimum absolute atomic E-state index is 0. The lowest BCUT2D eigenvalue weighted by atomic mass is 10.2. The van der Waals surface area contributed by atoms with Crippen LogP contribution in [0.4, 0.5) is 11.4 Å². The molecule has 0 radical (unpaired) electrons. The fourth-order valence-electron chi connectivity index (χ4n) is 2.01. The summed E-state index contributed by atoms with van der Waals surface area (Å²) in [5.74, 6) is -0.202. The lowest BCUT2D eigenvalue weighted by Crippen LogP contribution is -3.00. The van der Waals surface area contributed by atoms with Crippen LogP contribution in [0.25, 0.3) is 0 Å². The van der Waals surface area contributed by atoms with E-state index < -0.39 is 0 Å². The van der Waals surface area contributed by atoms with Gasteiger partial charge in [-0.2, -0.15) is 0 Å². The van der Waals surface area contributed by atoms with Gasteiger partial charge in [0.1, 0.15) is 0 Å². The number of amides is 2. The Morgan fingerprint density at radius 2 is 1.65 bits per heavy atom. The number of carbonyl (C=O) groups excluding carboxylic acids is 2. The van der Waals surface area contributed by atoms with Gasteiger partial charge >= 0.3 is 0 Å². The lowest BCUT2D eigenvalue weighted by Gasteiger charge is -2.07. The topological polar surface area (TPSA) is 62.1 Å². The van der Waals surface area contributed by atoms with E-state index in [1.807, 2.05) is 36.0 Å². The van der Waals surface area contributed by atoms with E-state index in [1.165, 1.54) is 12.5 Å². The van der Waals surface area contributed by atoms with E-state index in [0.29, 0.717) is 24.3 Å². The summed E-state index contributed by atoms with van der Waals surface area (Å²) in [5.41, 5.74) is 2.53. The lowest BCUT2D eigenvalue weighted by molar-refractivity contribution is -0.695. The van der Waals surface area contributed by atoms with Crippen molar-refractivity contribution < 1.29 is 31.1 Å². The summed E-state index contributed by atoms with van der Waals surface area (Å²) < 4.78 is 1.97. The van der Waals surface area contributed by atoms with E-state index in [9.17, 15) is 9.59 Å². The summed E-state index contributed by atoms with van der Waals surface area (Å²) in [6.45, 7) is 4.10. The summed E-state index contributed by atoms with van der Waals surface area (Å²) in [5, 5.41) is 5.52.